The van der Waals surface area contributed by atoms with Gasteiger partial charge in [0, 0.05) is 26.8 Å². The number of para-hydroxylation sites is 1. The zero-order valence-corrected chi connectivity index (χ0v) is 12.0. The van der Waals surface area contributed by atoms with Gasteiger partial charge in [0.05, 0.1) is 0 Å². The summed E-state index contributed by atoms with van der Waals surface area (Å²) >= 11 is 15.4. The first-order chi connectivity index (χ1) is 8.15. The fourth-order valence-corrected chi connectivity index (χ4v) is 2.51. The minimum Gasteiger partial charge on any atom is -0.380 e. The Morgan fingerprint density at radius 1 is 1.00 bits per heavy atom. The van der Waals surface area contributed by atoms with Crippen molar-refractivity contribution < 1.29 is 0 Å². The highest BCUT2D eigenvalue weighted by atomic mass is 79.9. The summed E-state index contributed by atoms with van der Waals surface area (Å²) in [5.74, 6) is 0. The number of rotatable bonds is 3. The molecular formula is C13H10BrCl2N. The molecule has 0 heterocycles. The van der Waals surface area contributed by atoms with E-state index < -0.39 is 0 Å². The van der Waals surface area contributed by atoms with E-state index in [4.69, 9.17) is 23.2 Å². The van der Waals surface area contributed by atoms with E-state index in [-0.39, 0.29) is 0 Å². The van der Waals surface area contributed by atoms with Crippen molar-refractivity contribution >= 4 is 44.8 Å². The zero-order valence-electron chi connectivity index (χ0n) is 8.88. The molecule has 0 radical (unpaired) electrons. The highest BCUT2D eigenvalue weighted by Gasteiger charge is 2.00. The molecule has 0 spiro atoms. The molecule has 17 heavy (non-hydrogen) atoms. The van der Waals surface area contributed by atoms with E-state index >= 15 is 0 Å². The predicted molar refractivity (Wildman–Crippen MR) is 77.9 cm³/mol. The quantitative estimate of drug-likeness (QED) is 0.797. The highest BCUT2D eigenvalue weighted by Crippen LogP contribution is 2.23. The summed E-state index contributed by atoms with van der Waals surface area (Å²) in [5, 5.41) is 4.63. The number of hydrogen-bond donors (Lipinski definition) is 1. The number of benzene rings is 2. The van der Waals surface area contributed by atoms with Crippen LogP contribution in [0.3, 0.4) is 0 Å². The van der Waals surface area contributed by atoms with E-state index in [1.165, 1.54) is 0 Å². The number of hydrogen-bond acceptors (Lipinski definition) is 1. The van der Waals surface area contributed by atoms with Crippen LogP contribution in [0.5, 0.6) is 0 Å². The molecule has 0 atom stereocenters. The molecule has 0 aliphatic carbocycles. The topological polar surface area (TPSA) is 12.0 Å². The van der Waals surface area contributed by atoms with Crippen LogP contribution in [-0.4, -0.2) is 0 Å². The fourth-order valence-electron chi connectivity index (χ4n) is 1.51. The second-order valence-electron chi connectivity index (χ2n) is 3.61. The van der Waals surface area contributed by atoms with Crippen LogP contribution in [0.25, 0.3) is 0 Å². The lowest BCUT2D eigenvalue weighted by molar-refractivity contribution is 1.15. The molecule has 0 aliphatic rings. The van der Waals surface area contributed by atoms with Gasteiger partial charge in [0.2, 0.25) is 0 Å². The van der Waals surface area contributed by atoms with Gasteiger partial charge in [0.1, 0.15) is 0 Å². The van der Waals surface area contributed by atoms with Gasteiger partial charge in [0.15, 0.2) is 0 Å². The third-order valence-corrected chi connectivity index (χ3v) is 3.41. The van der Waals surface area contributed by atoms with Crippen molar-refractivity contribution in [3.05, 3.63) is 62.5 Å². The Bertz CT molecular complexity index is 508. The second-order valence-corrected chi connectivity index (χ2v) is 5.34. The van der Waals surface area contributed by atoms with Gasteiger partial charge in [-0.25, -0.2) is 0 Å². The summed E-state index contributed by atoms with van der Waals surface area (Å²) in [7, 11) is 0. The summed E-state index contributed by atoms with van der Waals surface area (Å²) in [5.41, 5.74) is 2.10. The summed E-state index contributed by atoms with van der Waals surface area (Å²) in [4.78, 5) is 0. The molecule has 0 saturated carbocycles. The smallest absolute Gasteiger partial charge is 0.0487 e. The van der Waals surface area contributed by atoms with Crippen molar-refractivity contribution in [3.63, 3.8) is 0 Å². The Kier molecular flexibility index (Phi) is 4.32. The third-order valence-electron chi connectivity index (χ3n) is 2.28. The molecule has 1 N–H and O–H groups in total. The molecule has 0 aromatic heterocycles. The molecule has 2 rings (SSSR count). The minimum absolute atomic E-state index is 0.654. The molecule has 0 saturated heterocycles. The highest BCUT2D eigenvalue weighted by molar-refractivity contribution is 9.10. The second kappa shape index (κ2) is 5.76. The first-order valence-electron chi connectivity index (χ1n) is 5.08. The van der Waals surface area contributed by atoms with Gasteiger partial charge in [-0.2, -0.15) is 0 Å². The first-order valence-corrected chi connectivity index (χ1v) is 6.63. The van der Waals surface area contributed by atoms with Crippen LogP contribution >= 0.6 is 39.1 Å². The Labute approximate surface area is 119 Å². The molecule has 4 heteroatoms. The van der Waals surface area contributed by atoms with E-state index in [0.717, 1.165) is 15.7 Å². The Morgan fingerprint density at radius 3 is 2.29 bits per heavy atom. The SMILES string of the molecule is Clc1cc(Cl)cc(CNc2ccccc2Br)c1. The van der Waals surface area contributed by atoms with Crippen LogP contribution in [0.2, 0.25) is 10.0 Å². The van der Waals surface area contributed by atoms with Gasteiger partial charge in [-0.15, -0.1) is 0 Å². The molecule has 0 aliphatic heterocycles. The lowest BCUT2D eigenvalue weighted by atomic mass is 10.2. The van der Waals surface area contributed by atoms with Crippen molar-refractivity contribution in [1.29, 1.82) is 0 Å². The lowest BCUT2D eigenvalue weighted by Crippen LogP contribution is -1.99. The van der Waals surface area contributed by atoms with E-state index in [9.17, 15) is 0 Å². The van der Waals surface area contributed by atoms with Crippen molar-refractivity contribution in [3.8, 4) is 0 Å². The van der Waals surface area contributed by atoms with Crippen LogP contribution in [0.4, 0.5) is 5.69 Å². The molecule has 0 amide bonds. The summed E-state index contributed by atoms with van der Waals surface area (Å²) < 4.78 is 1.04. The van der Waals surface area contributed by atoms with Gasteiger partial charge >= 0.3 is 0 Å². The average molecular weight is 331 g/mol. The number of halogens is 3. The molecule has 0 bridgehead atoms. The maximum absolute atomic E-state index is 5.94. The van der Waals surface area contributed by atoms with Crippen LogP contribution in [0, 0.1) is 0 Å². The summed E-state index contributed by atoms with van der Waals surface area (Å²) in [6.07, 6.45) is 0. The van der Waals surface area contributed by atoms with Crippen LogP contribution in [0.1, 0.15) is 5.56 Å². The maximum atomic E-state index is 5.94. The van der Waals surface area contributed by atoms with Crippen LogP contribution in [-0.2, 0) is 6.54 Å². The Balaban J connectivity index is 2.10. The van der Waals surface area contributed by atoms with Crippen molar-refractivity contribution in [1.82, 2.24) is 0 Å². The van der Waals surface area contributed by atoms with Gasteiger partial charge in [-0.1, -0.05) is 35.3 Å². The largest absolute Gasteiger partial charge is 0.380 e. The normalized spacial score (nSPS) is 10.3. The number of nitrogens with one attached hydrogen (secondary N) is 1. The molecule has 88 valence electrons. The molecule has 0 fully saturated rings. The third kappa shape index (κ3) is 3.63. The molecule has 0 unspecified atom stereocenters. The van der Waals surface area contributed by atoms with E-state index in [2.05, 4.69) is 21.2 Å². The minimum atomic E-state index is 0.654. The van der Waals surface area contributed by atoms with E-state index in [1.807, 2.05) is 36.4 Å². The summed E-state index contributed by atoms with van der Waals surface area (Å²) in [6, 6.07) is 13.5. The van der Waals surface area contributed by atoms with Gasteiger partial charge in [0.25, 0.3) is 0 Å². The van der Waals surface area contributed by atoms with Gasteiger partial charge < -0.3 is 5.32 Å². The molecule has 1 nitrogen and oxygen atoms in total. The molecule has 2 aromatic rings. The lowest BCUT2D eigenvalue weighted by Gasteiger charge is -2.09. The monoisotopic (exact) mass is 329 g/mol. The number of anilines is 1. The fraction of sp³-hybridized carbons (Fsp3) is 0.0769. The van der Waals surface area contributed by atoms with E-state index in [0.29, 0.717) is 16.6 Å². The standard InChI is InChI=1S/C13H10BrCl2N/c14-12-3-1-2-4-13(12)17-8-9-5-10(15)7-11(16)6-9/h1-7,17H,8H2. The predicted octanol–water partition coefficient (Wildman–Crippen LogP) is 5.37. The van der Waals surface area contributed by atoms with Crippen LogP contribution in [0.15, 0.2) is 46.9 Å². The Morgan fingerprint density at radius 2 is 1.65 bits per heavy atom. The van der Waals surface area contributed by atoms with Crippen LogP contribution < -0.4 is 5.32 Å². The van der Waals surface area contributed by atoms with Crippen molar-refractivity contribution in [2.24, 2.45) is 0 Å². The molecule has 2 aromatic carbocycles. The summed E-state index contributed by atoms with van der Waals surface area (Å²) in [6.45, 7) is 0.683. The molecular weight excluding hydrogens is 321 g/mol. The van der Waals surface area contributed by atoms with Gasteiger partial charge in [-0.3, -0.25) is 0 Å². The maximum Gasteiger partial charge on any atom is 0.0487 e. The van der Waals surface area contributed by atoms with Crippen molar-refractivity contribution in [2.75, 3.05) is 5.32 Å². The first kappa shape index (κ1) is 12.7. The zero-order chi connectivity index (χ0) is 12.3. The average Bonchev–Trinajstić information content (AvgIpc) is 2.27. The van der Waals surface area contributed by atoms with Gasteiger partial charge in [-0.05, 0) is 51.8 Å². The van der Waals surface area contributed by atoms with Crippen molar-refractivity contribution in [2.45, 2.75) is 6.54 Å². The van der Waals surface area contributed by atoms with E-state index in [1.54, 1.807) is 6.07 Å². The Hall–Kier alpha value is -0.700.